The van der Waals surface area contributed by atoms with Crippen LogP contribution in [0.3, 0.4) is 0 Å². The number of aromatic nitrogens is 2. The first-order chi connectivity index (χ1) is 14.3. The molecule has 6 nitrogen and oxygen atoms in total. The van der Waals surface area contributed by atoms with Crippen molar-refractivity contribution in [2.75, 3.05) is 7.05 Å². The summed E-state index contributed by atoms with van der Waals surface area (Å²) in [6, 6.07) is 17.5. The van der Waals surface area contributed by atoms with Crippen molar-refractivity contribution in [1.82, 2.24) is 15.0 Å². The second-order valence-corrected chi connectivity index (χ2v) is 8.36. The molecule has 1 heterocycles. The number of likely N-dealkylation sites (N-methyl/N-ethyl adjacent to an activating group) is 1. The Kier molecular flexibility index (Phi) is 6.55. The van der Waals surface area contributed by atoms with Crippen LogP contribution in [0, 0.1) is 0 Å². The molecule has 3 aromatic rings. The number of carbonyl (C=O) groups is 1. The van der Waals surface area contributed by atoms with Crippen LogP contribution in [-0.4, -0.2) is 34.1 Å². The maximum absolute atomic E-state index is 12.9. The summed E-state index contributed by atoms with van der Waals surface area (Å²) in [5, 5.41) is 4.00. The van der Waals surface area contributed by atoms with E-state index in [4.69, 9.17) is 9.26 Å². The van der Waals surface area contributed by atoms with E-state index in [0.29, 0.717) is 23.9 Å². The van der Waals surface area contributed by atoms with Crippen molar-refractivity contribution in [2.45, 2.75) is 52.2 Å². The van der Waals surface area contributed by atoms with Crippen molar-refractivity contribution < 1.29 is 14.1 Å². The summed E-state index contributed by atoms with van der Waals surface area (Å²) in [7, 11) is 1.71. The summed E-state index contributed by atoms with van der Waals surface area (Å²) in [6.07, 6.45) is -0.0180. The molecular weight excluding hydrogens is 378 g/mol. The molecule has 1 amide bonds. The van der Waals surface area contributed by atoms with Gasteiger partial charge in [0.2, 0.25) is 11.7 Å². The maximum atomic E-state index is 12.9. The van der Waals surface area contributed by atoms with E-state index in [1.54, 1.807) is 11.9 Å². The van der Waals surface area contributed by atoms with E-state index in [2.05, 4.69) is 30.9 Å². The number of ether oxygens (including phenoxy) is 1. The highest BCUT2D eigenvalue weighted by Crippen LogP contribution is 2.25. The molecule has 30 heavy (non-hydrogen) atoms. The van der Waals surface area contributed by atoms with Gasteiger partial charge in [0.15, 0.2) is 6.10 Å². The molecule has 0 fully saturated rings. The smallest absolute Gasteiger partial charge is 0.263 e. The molecule has 1 atom stereocenters. The average Bonchev–Trinajstić information content (AvgIpc) is 3.20. The van der Waals surface area contributed by atoms with Gasteiger partial charge in [-0.3, -0.25) is 4.79 Å². The van der Waals surface area contributed by atoms with Gasteiger partial charge in [0.05, 0.1) is 6.54 Å². The fourth-order valence-corrected chi connectivity index (χ4v) is 3.06. The number of hydrogen-bond acceptors (Lipinski definition) is 5. The Morgan fingerprint density at radius 3 is 2.37 bits per heavy atom. The van der Waals surface area contributed by atoms with E-state index in [9.17, 15) is 4.79 Å². The predicted molar refractivity (Wildman–Crippen MR) is 116 cm³/mol. The SMILES string of the molecule is CCC(Oc1ccc(C(C)(C)C)cc1)C(=O)N(C)Cc1nc(-c2ccccc2)no1. The molecule has 0 spiro atoms. The highest BCUT2D eigenvalue weighted by molar-refractivity contribution is 5.81. The lowest BCUT2D eigenvalue weighted by molar-refractivity contribution is -0.138. The lowest BCUT2D eigenvalue weighted by atomic mass is 9.87. The summed E-state index contributed by atoms with van der Waals surface area (Å²) in [4.78, 5) is 18.8. The minimum Gasteiger partial charge on any atom is -0.481 e. The minimum absolute atomic E-state index is 0.0708. The molecule has 6 heteroatoms. The van der Waals surface area contributed by atoms with Crippen LogP contribution in [-0.2, 0) is 16.8 Å². The van der Waals surface area contributed by atoms with Crippen molar-refractivity contribution >= 4 is 5.91 Å². The number of amides is 1. The van der Waals surface area contributed by atoms with E-state index in [1.165, 1.54) is 5.56 Å². The quantitative estimate of drug-likeness (QED) is 0.560. The Labute approximate surface area is 177 Å². The van der Waals surface area contributed by atoms with Gasteiger partial charge in [0.1, 0.15) is 5.75 Å². The molecule has 0 bridgehead atoms. The summed E-state index contributed by atoms with van der Waals surface area (Å²) >= 11 is 0. The van der Waals surface area contributed by atoms with E-state index >= 15 is 0 Å². The molecule has 158 valence electrons. The van der Waals surface area contributed by atoms with Gasteiger partial charge in [-0.15, -0.1) is 0 Å². The van der Waals surface area contributed by atoms with Crippen molar-refractivity contribution in [1.29, 1.82) is 0 Å². The molecule has 0 radical (unpaired) electrons. The molecule has 1 unspecified atom stereocenters. The van der Waals surface area contributed by atoms with Gasteiger partial charge in [-0.25, -0.2) is 0 Å². The molecule has 1 aromatic heterocycles. The lowest BCUT2D eigenvalue weighted by Crippen LogP contribution is -2.39. The number of nitrogens with zero attached hydrogens (tertiary/aromatic N) is 3. The highest BCUT2D eigenvalue weighted by Gasteiger charge is 2.24. The second kappa shape index (κ2) is 9.11. The topological polar surface area (TPSA) is 68.5 Å². The van der Waals surface area contributed by atoms with Gasteiger partial charge in [-0.1, -0.05) is 75.3 Å². The molecule has 3 rings (SSSR count). The summed E-state index contributed by atoms with van der Waals surface area (Å²) in [5.41, 5.74) is 2.16. The van der Waals surface area contributed by atoms with E-state index < -0.39 is 6.10 Å². The third kappa shape index (κ3) is 5.26. The van der Waals surface area contributed by atoms with Crippen molar-refractivity contribution in [3.8, 4) is 17.1 Å². The number of hydrogen-bond donors (Lipinski definition) is 0. The fraction of sp³-hybridized carbons (Fsp3) is 0.375. The summed E-state index contributed by atoms with van der Waals surface area (Å²) < 4.78 is 11.3. The molecule has 0 saturated carbocycles. The monoisotopic (exact) mass is 407 g/mol. The molecule has 0 saturated heterocycles. The Bertz CT molecular complexity index is 959. The Morgan fingerprint density at radius 1 is 1.10 bits per heavy atom. The Hall–Kier alpha value is -3.15. The Balaban J connectivity index is 1.63. The zero-order chi connectivity index (χ0) is 21.7. The largest absolute Gasteiger partial charge is 0.481 e. The van der Waals surface area contributed by atoms with Gasteiger partial charge in [-0.2, -0.15) is 4.98 Å². The zero-order valence-corrected chi connectivity index (χ0v) is 18.3. The zero-order valence-electron chi connectivity index (χ0n) is 18.3. The van der Waals surface area contributed by atoms with Gasteiger partial charge in [0.25, 0.3) is 5.91 Å². The highest BCUT2D eigenvalue weighted by atomic mass is 16.5. The molecule has 0 aliphatic heterocycles. The lowest BCUT2D eigenvalue weighted by Gasteiger charge is -2.23. The fourth-order valence-electron chi connectivity index (χ4n) is 3.06. The van der Waals surface area contributed by atoms with Crippen LogP contribution in [0.15, 0.2) is 59.1 Å². The Morgan fingerprint density at radius 2 is 1.77 bits per heavy atom. The number of benzene rings is 2. The van der Waals surface area contributed by atoms with Crippen LogP contribution in [0.5, 0.6) is 5.75 Å². The number of rotatable bonds is 7. The van der Waals surface area contributed by atoms with Gasteiger partial charge >= 0.3 is 0 Å². The first-order valence-corrected chi connectivity index (χ1v) is 10.2. The second-order valence-electron chi connectivity index (χ2n) is 8.36. The van der Waals surface area contributed by atoms with Crippen LogP contribution in [0.4, 0.5) is 0 Å². The third-order valence-electron chi connectivity index (χ3n) is 4.89. The van der Waals surface area contributed by atoms with Crippen molar-refractivity contribution in [3.05, 3.63) is 66.1 Å². The van der Waals surface area contributed by atoms with Gasteiger partial charge in [0, 0.05) is 12.6 Å². The molecule has 0 aliphatic rings. The molecule has 0 aliphatic carbocycles. The van der Waals surface area contributed by atoms with Crippen LogP contribution < -0.4 is 4.74 Å². The van der Waals surface area contributed by atoms with Crippen molar-refractivity contribution in [2.24, 2.45) is 0 Å². The molecule has 2 aromatic carbocycles. The van der Waals surface area contributed by atoms with Crippen LogP contribution in [0.1, 0.15) is 45.6 Å². The van der Waals surface area contributed by atoms with Crippen LogP contribution >= 0.6 is 0 Å². The van der Waals surface area contributed by atoms with E-state index in [0.717, 1.165) is 5.56 Å². The van der Waals surface area contributed by atoms with Gasteiger partial charge < -0.3 is 14.2 Å². The first-order valence-electron chi connectivity index (χ1n) is 10.2. The predicted octanol–water partition coefficient (Wildman–Crippen LogP) is 4.85. The summed E-state index contributed by atoms with van der Waals surface area (Å²) in [6.45, 7) is 8.65. The van der Waals surface area contributed by atoms with E-state index in [1.807, 2.05) is 61.5 Å². The van der Waals surface area contributed by atoms with Gasteiger partial charge in [-0.05, 0) is 29.5 Å². The summed E-state index contributed by atoms with van der Waals surface area (Å²) in [5.74, 6) is 1.44. The first kappa shape index (κ1) is 21.6. The normalized spacial score (nSPS) is 12.4. The van der Waals surface area contributed by atoms with E-state index in [-0.39, 0.29) is 17.9 Å². The maximum Gasteiger partial charge on any atom is 0.263 e. The standard InChI is InChI=1S/C24H29N3O3/c1-6-20(29-19-14-12-18(13-15-19)24(2,3)4)23(28)27(5)16-21-25-22(26-30-21)17-10-8-7-9-11-17/h7-15,20H,6,16H2,1-5H3. The number of carbonyl (C=O) groups excluding carboxylic acids is 1. The average molecular weight is 408 g/mol. The molecule has 0 N–H and O–H groups in total. The van der Waals surface area contributed by atoms with Crippen LogP contribution in [0.2, 0.25) is 0 Å². The third-order valence-corrected chi connectivity index (χ3v) is 4.89. The van der Waals surface area contributed by atoms with Crippen LogP contribution in [0.25, 0.3) is 11.4 Å². The van der Waals surface area contributed by atoms with Crippen molar-refractivity contribution in [3.63, 3.8) is 0 Å². The minimum atomic E-state index is -0.577. The molecular formula is C24H29N3O3.